The Hall–Kier alpha value is -3.08. The van der Waals surface area contributed by atoms with Gasteiger partial charge in [-0.3, -0.25) is 19.9 Å². The van der Waals surface area contributed by atoms with E-state index in [0.29, 0.717) is 28.6 Å². The van der Waals surface area contributed by atoms with Gasteiger partial charge in [0.2, 0.25) is 5.95 Å². The molecule has 1 aliphatic heterocycles. The summed E-state index contributed by atoms with van der Waals surface area (Å²) in [7, 11) is 0. The quantitative estimate of drug-likeness (QED) is 0.416. The summed E-state index contributed by atoms with van der Waals surface area (Å²) in [6, 6.07) is 10.8. The van der Waals surface area contributed by atoms with Crippen LogP contribution in [0.15, 0.2) is 52.2 Å². The summed E-state index contributed by atoms with van der Waals surface area (Å²) < 4.78 is 0. The van der Waals surface area contributed by atoms with Crippen molar-refractivity contribution in [3.05, 3.63) is 63.6 Å². The second-order valence-electron chi connectivity index (χ2n) is 8.26. The van der Waals surface area contributed by atoms with Gasteiger partial charge in [-0.1, -0.05) is 6.07 Å². The van der Waals surface area contributed by atoms with Crippen LogP contribution in [-0.4, -0.2) is 38.2 Å². The van der Waals surface area contributed by atoms with Crippen molar-refractivity contribution in [2.75, 3.05) is 5.32 Å². The molecular weight excluding hydrogens is 468 g/mol. The van der Waals surface area contributed by atoms with Crippen LogP contribution in [-0.2, 0) is 11.3 Å². The third kappa shape index (κ3) is 5.69. The molecule has 0 bridgehead atoms. The molecule has 5 rings (SSSR count). The van der Waals surface area contributed by atoms with E-state index in [1.54, 1.807) is 29.7 Å². The number of carbonyl (C=O) groups is 2. The molecule has 3 N–H and O–H groups in total. The predicted octanol–water partition coefficient (Wildman–Crippen LogP) is 4.44. The monoisotopic (exact) mass is 492 g/mol. The van der Waals surface area contributed by atoms with Gasteiger partial charge in [-0.2, -0.15) is 11.3 Å². The van der Waals surface area contributed by atoms with Crippen molar-refractivity contribution in [3.8, 4) is 11.3 Å². The molecule has 2 fully saturated rings. The summed E-state index contributed by atoms with van der Waals surface area (Å²) in [6.45, 7) is 0.759. The van der Waals surface area contributed by atoms with Crippen LogP contribution in [0.25, 0.3) is 17.3 Å². The summed E-state index contributed by atoms with van der Waals surface area (Å²) in [5.41, 5.74) is 3.83. The first-order chi connectivity index (χ1) is 16.6. The van der Waals surface area contributed by atoms with E-state index in [9.17, 15) is 9.59 Å². The van der Waals surface area contributed by atoms with Crippen molar-refractivity contribution in [3.63, 3.8) is 0 Å². The Morgan fingerprint density at radius 3 is 2.68 bits per heavy atom. The topological polar surface area (TPSA) is 109 Å². The zero-order valence-corrected chi connectivity index (χ0v) is 20.0. The molecule has 1 saturated carbocycles. The third-order valence-corrected chi connectivity index (χ3v) is 7.35. The maximum atomic E-state index is 11.7. The molecule has 4 heterocycles. The van der Waals surface area contributed by atoms with Crippen LogP contribution in [0.3, 0.4) is 0 Å². The number of nitrogens with one attached hydrogen (secondary N) is 3. The largest absolute Gasteiger partial charge is 0.351 e. The Morgan fingerprint density at radius 1 is 1.06 bits per heavy atom. The predicted molar refractivity (Wildman–Crippen MR) is 135 cm³/mol. The van der Waals surface area contributed by atoms with Gasteiger partial charge in [0.15, 0.2) is 0 Å². The standard InChI is InChI=1S/C24H24N6O2S2/c31-22-21(34-24(32)30-22)12-18-8-10-25-23(29-18)28-17-6-4-16(5-7-17)26-13-19-2-1-3-20(27-19)15-9-11-33-14-15/h1-3,8-12,14,16-17,26H,4-7,13H2,(H,25,28,29)(H,30,31,32)/t16-,17+. The minimum atomic E-state index is -0.387. The lowest BCUT2D eigenvalue weighted by molar-refractivity contribution is -0.115. The lowest BCUT2D eigenvalue weighted by atomic mass is 9.91. The van der Waals surface area contributed by atoms with Crippen molar-refractivity contribution in [2.45, 2.75) is 44.3 Å². The lowest BCUT2D eigenvalue weighted by Crippen LogP contribution is -2.37. The molecule has 0 radical (unpaired) electrons. The third-order valence-electron chi connectivity index (χ3n) is 5.85. The van der Waals surface area contributed by atoms with Gasteiger partial charge in [0.25, 0.3) is 11.1 Å². The normalized spacial score (nSPS) is 21.6. The number of anilines is 1. The Bertz CT molecular complexity index is 1210. The van der Waals surface area contributed by atoms with Crippen LogP contribution in [0.5, 0.6) is 0 Å². The molecule has 0 unspecified atom stereocenters. The second-order valence-corrected chi connectivity index (χ2v) is 10.1. The number of imide groups is 1. The molecule has 2 amide bonds. The molecule has 3 aromatic rings. The maximum Gasteiger partial charge on any atom is 0.290 e. The lowest BCUT2D eigenvalue weighted by Gasteiger charge is -2.29. The number of hydrogen-bond donors (Lipinski definition) is 3. The van der Waals surface area contributed by atoms with E-state index in [1.807, 2.05) is 0 Å². The van der Waals surface area contributed by atoms with Crippen molar-refractivity contribution >= 4 is 46.3 Å². The van der Waals surface area contributed by atoms with Crippen LogP contribution in [0.4, 0.5) is 10.7 Å². The number of nitrogens with zero attached hydrogens (tertiary/aromatic N) is 3. The highest BCUT2D eigenvalue weighted by Gasteiger charge is 2.25. The summed E-state index contributed by atoms with van der Waals surface area (Å²) in [6.07, 6.45) is 7.42. The van der Waals surface area contributed by atoms with Gasteiger partial charge in [0.05, 0.1) is 22.0 Å². The summed E-state index contributed by atoms with van der Waals surface area (Å²) in [5, 5.41) is 13.2. The molecule has 2 aliphatic rings. The first kappa shape index (κ1) is 22.7. The Morgan fingerprint density at radius 2 is 1.91 bits per heavy atom. The van der Waals surface area contributed by atoms with E-state index >= 15 is 0 Å². The first-order valence-corrected chi connectivity index (χ1v) is 12.9. The molecule has 0 aromatic carbocycles. The van der Waals surface area contributed by atoms with Gasteiger partial charge in [-0.25, -0.2) is 9.97 Å². The van der Waals surface area contributed by atoms with E-state index in [-0.39, 0.29) is 11.1 Å². The van der Waals surface area contributed by atoms with Gasteiger partial charge in [-0.15, -0.1) is 0 Å². The molecule has 0 atom stereocenters. The van der Waals surface area contributed by atoms with E-state index in [0.717, 1.165) is 55.4 Å². The van der Waals surface area contributed by atoms with E-state index < -0.39 is 0 Å². The average Bonchev–Trinajstić information content (AvgIpc) is 3.49. The van der Waals surface area contributed by atoms with Crippen LogP contribution >= 0.6 is 23.1 Å². The number of amides is 2. The Balaban J connectivity index is 1.11. The van der Waals surface area contributed by atoms with Crippen LogP contribution in [0.2, 0.25) is 0 Å². The zero-order valence-electron chi connectivity index (χ0n) is 18.4. The molecular formula is C24H24N6O2S2. The molecule has 0 spiro atoms. The fourth-order valence-electron chi connectivity index (χ4n) is 4.10. The Labute approximate surface area is 205 Å². The number of aromatic nitrogens is 3. The van der Waals surface area contributed by atoms with Gasteiger partial charge < -0.3 is 10.6 Å². The highest BCUT2D eigenvalue weighted by Crippen LogP contribution is 2.26. The van der Waals surface area contributed by atoms with E-state index in [4.69, 9.17) is 4.98 Å². The number of rotatable bonds is 7. The molecule has 10 heteroatoms. The fraction of sp³-hybridized carbons (Fsp3) is 0.292. The molecule has 174 valence electrons. The van der Waals surface area contributed by atoms with Crippen molar-refractivity contribution in [1.29, 1.82) is 0 Å². The van der Waals surface area contributed by atoms with Crippen molar-refractivity contribution in [2.24, 2.45) is 0 Å². The van der Waals surface area contributed by atoms with Gasteiger partial charge in [0.1, 0.15) is 0 Å². The summed E-state index contributed by atoms with van der Waals surface area (Å²) in [5.74, 6) is 0.150. The zero-order chi connectivity index (χ0) is 23.3. The minimum Gasteiger partial charge on any atom is -0.351 e. The van der Waals surface area contributed by atoms with Crippen LogP contribution in [0, 0.1) is 0 Å². The highest BCUT2D eigenvalue weighted by atomic mass is 32.2. The Kier molecular flexibility index (Phi) is 6.98. The molecule has 3 aromatic heterocycles. The second kappa shape index (κ2) is 10.5. The minimum absolute atomic E-state index is 0.298. The first-order valence-electron chi connectivity index (χ1n) is 11.2. The van der Waals surface area contributed by atoms with E-state index in [2.05, 4.69) is 60.9 Å². The SMILES string of the molecule is O=C1NC(=O)C(=Cc2ccnc(N[C@H]3CC[C@@H](NCc4cccc(-c5ccsc5)n4)CC3)n2)S1. The number of hydrogen-bond acceptors (Lipinski definition) is 9. The number of carbonyl (C=O) groups excluding carboxylic acids is 2. The van der Waals surface area contributed by atoms with Gasteiger partial charge in [0, 0.05) is 35.8 Å². The highest BCUT2D eigenvalue weighted by molar-refractivity contribution is 8.18. The smallest absolute Gasteiger partial charge is 0.290 e. The molecule has 8 nitrogen and oxygen atoms in total. The number of thioether (sulfide) groups is 1. The maximum absolute atomic E-state index is 11.7. The van der Waals surface area contributed by atoms with Gasteiger partial charge in [-0.05, 0) is 73.2 Å². The average molecular weight is 493 g/mol. The molecule has 34 heavy (non-hydrogen) atoms. The summed E-state index contributed by atoms with van der Waals surface area (Å²) in [4.78, 5) is 37.0. The van der Waals surface area contributed by atoms with Gasteiger partial charge >= 0.3 is 0 Å². The van der Waals surface area contributed by atoms with Crippen LogP contribution in [0.1, 0.15) is 37.1 Å². The number of pyridine rings is 1. The molecule has 1 aliphatic carbocycles. The molecule has 1 saturated heterocycles. The van der Waals surface area contributed by atoms with Crippen molar-refractivity contribution < 1.29 is 9.59 Å². The van der Waals surface area contributed by atoms with E-state index in [1.165, 1.54) is 5.56 Å². The fourth-order valence-corrected chi connectivity index (χ4v) is 5.42. The van der Waals surface area contributed by atoms with Crippen molar-refractivity contribution in [1.82, 2.24) is 25.6 Å². The summed E-state index contributed by atoms with van der Waals surface area (Å²) >= 11 is 2.57. The van der Waals surface area contributed by atoms with Crippen LogP contribution < -0.4 is 16.0 Å². The number of thiophene rings is 1.